The minimum Gasteiger partial charge on any atom is -0.379 e. The molecule has 0 bridgehead atoms. The van der Waals surface area contributed by atoms with Gasteiger partial charge in [-0.3, -0.25) is 9.69 Å². The minimum atomic E-state index is -0.282. The first-order chi connectivity index (χ1) is 16.6. The first-order valence-electron chi connectivity index (χ1n) is 12.2. The molecule has 196 valence electrons. The number of carbonyl (C=O) groups is 2. The predicted octanol–water partition coefficient (Wildman–Crippen LogP) is 2.08. The molecule has 0 aromatic carbocycles. The van der Waals surface area contributed by atoms with Crippen LogP contribution >= 0.6 is 23.4 Å². The molecule has 3 amide bonds. The summed E-state index contributed by atoms with van der Waals surface area (Å²) in [6.07, 6.45) is 0.909. The molecule has 0 radical (unpaired) electrons. The van der Waals surface area contributed by atoms with Crippen LogP contribution < -0.4 is 15.5 Å². The van der Waals surface area contributed by atoms with E-state index < -0.39 is 0 Å². The minimum absolute atomic E-state index is 0.0131. The zero-order chi connectivity index (χ0) is 25.4. The summed E-state index contributed by atoms with van der Waals surface area (Å²) in [7, 11) is 0. The van der Waals surface area contributed by atoms with Crippen molar-refractivity contribution in [3.63, 3.8) is 0 Å². The highest BCUT2D eigenvalue weighted by atomic mass is 35.5. The summed E-state index contributed by atoms with van der Waals surface area (Å²) in [5, 5.41) is 6.80. The third-order valence-electron chi connectivity index (χ3n) is 5.76. The number of nitrogens with one attached hydrogen (secondary N) is 2. The number of morpholine rings is 1. The van der Waals surface area contributed by atoms with Crippen LogP contribution in [0.15, 0.2) is 11.2 Å². The number of piperazine rings is 1. The van der Waals surface area contributed by atoms with Crippen LogP contribution in [0, 0.1) is 0 Å². The second-order valence-electron chi connectivity index (χ2n) is 9.95. The summed E-state index contributed by atoms with van der Waals surface area (Å²) in [5.41, 5.74) is -0.282. The van der Waals surface area contributed by atoms with Crippen LogP contribution in [-0.4, -0.2) is 108 Å². The summed E-state index contributed by atoms with van der Waals surface area (Å²) >= 11 is 7.54. The Balaban J connectivity index is 1.45. The highest BCUT2D eigenvalue weighted by Crippen LogP contribution is 2.24. The first-order valence-corrected chi connectivity index (χ1v) is 13.5. The van der Waals surface area contributed by atoms with E-state index in [-0.39, 0.29) is 29.3 Å². The normalized spacial score (nSPS) is 19.5. The number of thioether (sulfide) groups is 1. The molecule has 2 fully saturated rings. The maximum Gasteiger partial charge on any atom is 0.318 e. The largest absolute Gasteiger partial charge is 0.379 e. The molecule has 35 heavy (non-hydrogen) atoms. The Kier molecular flexibility index (Phi) is 10.3. The van der Waals surface area contributed by atoms with Crippen LogP contribution in [0.25, 0.3) is 0 Å². The number of urea groups is 1. The fraction of sp³-hybridized carbons (Fsp3) is 0.739. The van der Waals surface area contributed by atoms with Crippen molar-refractivity contribution in [2.45, 2.75) is 50.9 Å². The van der Waals surface area contributed by atoms with Gasteiger partial charge < -0.3 is 25.2 Å². The Hall–Kier alpha value is -1.82. The van der Waals surface area contributed by atoms with E-state index in [0.717, 1.165) is 39.3 Å². The molecule has 0 saturated carbocycles. The topological polar surface area (TPSA) is 103 Å². The lowest BCUT2D eigenvalue weighted by Gasteiger charge is -2.41. The molecule has 2 N–H and O–H groups in total. The van der Waals surface area contributed by atoms with Crippen molar-refractivity contribution < 1.29 is 14.3 Å². The van der Waals surface area contributed by atoms with Crippen LogP contribution in [0.5, 0.6) is 0 Å². The van der Waals surface area contributed by atoms with Crippen LogP contribution in [0.3, 0.4) is 0 Å². The van der Waals surface area contributed by atoms with Crippen LogP contribution in [0.2, 0.25) is 5.15 Å². The lowest BCUT2D eigenvalue weighted by atomic mass is 10.1. The third kappa shape index (κ3) is 9.29. The second kappa shape index (κ2) is 12.9. The van der Waals surface area contributed by atoms with E-state index in [1.165, 1.54) is 11.8 Å². The van der Waals surface area contributed by atoms with Crippen LogP contribution in [0.4, 0.5) is 10.6 Å². The number of amides is 3. The molecule has 1 aromatic heterocycles. The highest BCUT2D eigenvalue weighted by molar-refractivity contribution is 7.99. The van der Waals surface area contributed by atoms with Gasteiger partial charge in [0.1, 0.15) is 11.0 Å². The Labute approximate surface area is 217 Å². The summed E-state index contributed by atoms with van der Waals surface area (Å²) < 4.78 is 5.35. The SMILES string of the molecule is CC1CN(c2cc(Cl)nc(SCC(=O)NCCCN3CCOCC3)n2)CCN1C(=O)NC(C)(C)C. The van der Waals surface area contributed by atoms with Crippen LogP contribution in [0.1, 0.15) is 34.1 Å². The number of carbonyl (C=O) groups excluding carboxylic acids is 2. The quantitative estimate of drug-likeness (QED) is 0.229. The van der Waals surface area contributed by atoms with Crippen molar-refractivity contribution >= 4 is 41.1 Å². The predicted molar refractivity (Wildman–Crippen MR) is 139 cm³/mol. The van der Waals surface area contributed by atoms with Gasteiger partial charge in [-0.2, -0.15) is 0 Å². The Bertz CT molecular complexity index is 864. The van der Waals surface area contributed by atoms with E-state index in [1.54, 1.807) is 6.07 Å². The highest BCUT2D eigenvalue weighted by Gasteiger charge is 2.30. The van der Waals surface area contributed by atoms with E-state index in [1.807, 2.05) is 32.6 Å². The van der Waals surface area contributed by atoms with Gasteiger partial charge in [0.05, 0.1) is 19.0 Å². The van der Waals surface area contributed by atoms with Crippen LogP contribution in [-0.2, 0) is 9.53 Å². The number of ether oxygens (including phenoxy) is 1. The van der Waals surface area contributed by atoms with Gasteiger partial charge in [0.25, 0.3) is 0 Å². The van der Waals surface area contributed by atoms with Crippen molar-refractivity contribution in [2.24, 2.45) is 0 Å². The smallest absolute Gasteiger partial charge is 0.318 e. The molecule has 3 rings (SSSR count). The number of hydrogen-bond acceptors (Lipinski definition) is 8. The second-order valence-corrected chi connectivity index (χ2v) is 11.3. The first kappa shape index (κ1) is 27.8. The van der Waals surface area contributed by atoms with Gasteiger partial charge >= 0.3 is 6.03 Å². The summed E-state index contributed by atoms with van der Waals surface area (Å²) in [4.78, 5) is 40.1. The Morgan fingerprint density at radius 1 is 1.20 bits per heavy atom. The molecule has 12 heteroatoms. The number of halogens is 1. The van der Waals surface area contributed by atoms with Crippen molar-refractivity contribution in [3.8, 4) is 0 Å². The maximum absolute atomic E-state index is 12.6. The average molecular weight is 528 g/mol. The number of anilines is 1. The van der Waals surface area contributed by atoms with E-state index in [0.29, 0.717) is 42.3 Å². The van der Waals surface area contributed by atoms with Gasteiger partial charge in [-0.05, 0) is 40.7 Å². The molecule has 3 heterocycles. The van der Waals surface area contributed by atoms with E-state index >= 15 is 0 Å². The molecule has 2 saturated heterocycles. The Morgan fingerprint density at radius 3 is 2.63 bits per heavy atom. The third-order valence-corrected chi connectivity index (χ3v) is 6.81. The molecule has 2 aliphatic rings. The zero-order valence-corrected chi connectivity index (χ0v) is 22.8. The monoisotopic (exact) mass is 527 g/mol. The number of hydrogen-bond donors (Lipinski definition) is 2. The molecule has 0 aliphatic carbocycles. The summed E-state index contributed by atoms with van der Waals surface area (Å²) in [5.74, 6) is 0.893. The van der Waals surface area contributed by atoms with Gasteiger partial charge in [0.15, 0.2) is 5.16 Å². The van der Waals surface area contributed by atoms with Crippen molar-refractivity contribution in [3.05, 3.63) is 11.2 Å². The van der Waals surface area contributed by atoms with Gasteiger partial charge in [-0.25, -0.2) is 14.8 Å². The van der Waals surface area contributed by atoms with Gasteiger partial charge in [0.2, 0.25) is 5.91 Å². The lowest BCUT2D eigenvalue weighted by molar-refractivity contribution is -0.118. The molecule has 1 atom stereocenters. The average Bonchev–Trinajstić information content (AvgIpc) is 2.79. The van der Waals surface area contributed by atoms with Gasteiger partial charge in [0, 0.05) is 56.9 Å². The van der Waals surface area contributed by atoms with Crippen molar-refractivity contribution in [1.82, 2.24) is 30.4 Å². The van der Waals surface area contributed by atoms with Gasteiger partial charge in [-0.1, -0.05) is 23.4 Å². The summed E-state index contributed by atoms with van der Waals surface area (Å²) in [6.45, 7) is 14.9. The van der Waals surface area contributed by atoms with E-state index in [9.17, 15) is 9.59 Å². The standard InChI is InChI=1S/C23H38ClN7O3S/c1-17-15-30(8-9-31(17)22(33)28-23(2,3)4)19-14-18(24)26-21(27-19)35-16-20(32)25-6-5-7-29-10-12-34-13-11-29/h14,17H,5-13,15-16H2,1-4H3,(H,25,32)(H,28,33). The molecule has 10 nitrogen and oxygen atoms in total. The molecule has 0 spiro atoms. The zero-order valence-electron chi connectivity index (χ0n) is 21.2. The maximum atomic E-state index is 12.6. The molecule has 2 aliphatic heterocycles. The molecular weight excluding hydrogens is 490 g/mol. The summed E-state index contributed by atoms with van der Waals surface area (Å²) in [6, 6.07) is 1.69. The van der Waals surface area contributed by atoms with E-state index in [4.69, 9.17) is 16.3 Å². The Morgan fingerprint density at radius 2 is 1.94 bits per heavy atom. The number of nitrogens with zero attached hydrogens (tertiary/aromatic N) is 5. The lowest BCUT2D eigenvalue weighted by Crippen LogP contribution is -2.59. The number of rotatable bonds is 8. The molecule has 1 aromatic rings. The number of aromatic nitrogens is 2. The van der Waals surface area contributed by atoms with Crippen molar-refractivity contribution in [1.29, 1.82) is 0 Å². The fourth-order valence-corrected chi connectivity index (χ4v) is 4.92. The fourth-order valence-electron chi connectivity index (χ4n) is 4.01. The molecule has 1 unspecified atom stereocenters. The molecular formula is C23H38ClN7O3S. The van der Waals surface area contributed by atoms with Crippen molar-refractivity contribution in [2.75, 3.05) is 69.7 Å². The van der Waals surface area contributed by atoms with E-state index in [2.05, 4.69) is 30.4 Å². The van der Waals surface area contributed by atoms with Gasteiger partial charge in [-0.15, -0.1) is 0 Å².